The Balaban J connectivity index is 1.67. The molecule has 0 aliphatic carbocycles. The molecule has 0 N–H and O–H groups in total. The molecule has 1 aliphatic rings. The summed E-state index contributed by atoms with van der Waals surface area (Å²) in [4.78, 5) is 26.5. The molecule has 4 rings (SSSR count). The van der Waals surface area contributed by atoms with Gasteiger partial charge in [-0.3, -0.25) is 14.9 Å². The summed E-state index contributed by atoms with van der Waals surface area (Å²) in [5, 5.41) is 13.0. The van der Waals surface area contributed by atoms with Gasteiger partial charge >= 0.3 is 0 Å². The Morgan fingerprint density at radius 2 is 2.07 bits per heavy atom. The number of nitrogens with zero attached hydrogens (tertiary/aromatic N) is 2. The van der Waals surface area contributed by atoms with Gasteiger partial charge in [0, 0.05) is 35.2 Å². The number of non-ortho nitro benzene ring substituents is 1. The van der Waals surface area contributed by atoms with Gasteiger partial charge in [-0.2, -0.15) is 0 Å². The predicted octanol–water partition coefficient (Wildman–Crippen LogP) is 4.44. The molecule has 0 saturated carbocycles. The number of thiophene rings is 1. The van der Waals surface area contributed by atoms with E-state index >= 15 is 0 Å². The first kappa shape index (κ1) is 17.2. The highest BCUT2D eigenvalue weighted by Gasteiger charge is 2.32. The molecule has 6 nitrogen and oxygen atoms in total. The van der Waals surface area contributed by atoms with Gasteiger partial charge in [0.1, 0.15) is 0 Å². The normalized spacial score (nSPS) is 16.4. The summed E-state index contributed by atoms with van der Waals surface area (Å²) >= 11 is 1.68. The molecule has 136 valence electrons. The van der Waals surface area contributed by atoms with Gasteiger partial charge in [0.25, 0.3) is 5.69 Å². The van der Waals surface area contributed by atoms with Crippen LogP contribution in [0, 0.1) is 10.1 Å². The Morgan fingerprint density at radius 3 is 2.78 bits per heavy atom. The number of carbonyl (C=O) groups excluding carboxylic acids is 1. The summed E-state index contributed by atoms with van der Waals surface area (Å²) in [7, 11) is 0. The van der Waals surface area contributed by atoms with E-state index in [0.29, 0.717) is 6.54 Å². The van der Waals surface area contributed by atoms with Gasteiger partial charge in [0.05, 0.1) is 23.5 Å². The second-order valence-electron chi connectivity index (χ2n) is 6.22. The minimum atomic E-state index is -0.419. The highest BCUT2D eigenvalue weighted by Crippen LogP contribution is 2.38. The number of benzene rings is 1. The Kier molecular flexibility index (Phi) is 4.60. The maximum atomic E-state index is 12.9. The molecule has 1 atom stereocenters. The molecule has 3 heterocycles. The van der Waals surface area contributed by atoms with E-state index in [4.69, 9.17) is 4.42 Å². The molecule has 0 spiro atoms. The van der Waals surface area contributed by atoms with Crippen molar-refractivity contribution < 1.29 is 14.1 Å². The zero-order chi connectivity index (χ0) is 18.8. The van der Waals surface area contributed by atoms with Gasteiger partial charge in [-0.1, -0.05) is 0 Å². The van der Waals surface area contributed by atoms with Crippen LogP contribution in [-0.4, -0.2) is 22.3 Å². The van der Waals surface area contributed by atoms with Crippen molar-refractivity contribution in [1.29, 1.82) is 0 Å². The van der Waals surface area contributed by atoms with Gasteiger partial charge in [-0.25, -0.2) is 0 Å². The van der Waals surface area contributed by atoms with Crippen molar-refractivity contribution in [2.45, 2.75) is 12.5 Å². The lowest BCUT2D eigenvalue weighted by molar-refractivity contribution is -0.384. The van der Waals surface area contributed by atoms with Gasteiger partial charge in [-0.05, 0) is 53.3 Å². The third-order valence-electron chi connectivity index (χ3n) is 4.63. The number of furan rings is 1. The lowest BCUT2D eigenvalue weighted by Crippen LogP contribution is -2.39. The molecule has 1 aromatic carbocycles. The van der Waals surface area contributed by atoms with Gasteiger partial charge in [0.2, 0.25) is 5.91 Å². The van der Waals surface area contributed by atoms with Crippen molar-refractivity contribution >= 4 is 29.0 Å². The molecule has 1 aliphatic heterocycles. The van der Waals surface area contributed by atoms with E-state index in [1.165, 1.54) is 17.0 Å². The maximum absolute atomic E-state index is 12.9. The van der Waals surface area contributed by atoms with E-state index in [1.54, 1.807) is 54.2 Å². The minimum absolute atomic E-state index is 0.0397. The molecule has 3 aromatic rings. The Hall–Kier alpha value is -3.19. The fourth-order valence-corrected chi connectivity index (χ4v) is 4.23. The molecule has 0 fully saturated rings. The summed E-state index contributed by atoms with van der Waals surface area (Å²) in [5.74, 6) is -0.101. The summed E-state index contributed by atoms with van der Waals surface area (Å²) in [6.45, 7) is 0.601. The van der Waals surface area contributed by atoms with Crippen LogP contribution < -0.4 is 0 Å². The van der Waals surface area contributed by atoms with Crippen molar-refractivity contribution in [3.8, 4) is 0 Å². The number of nitro groups is 1. The number of hydrogen-bond donors (Lipinski definition) is 0. The Bertz CT molecular complexity index is 989. The summed E-state index contributed by atoms with van der Waals surface area (Å²) in [6, 6.07) is 10.0. The molecule has 7 heteroatoms. The SMILES string of the molecule is O=C(/C=C/c1ccoc1)N1CCc2sccc2C1c1ccc([N+](=O)[O-])cc1. The van der Waals surface area contributed by atoms with Gasteiger partial charge < -0.3 is 9.32 Å². The summed E-state index contributed by atoms with van der Waals surface area (Å²) < 4.78 is 5.02. The number of fused-ring (bicyclic) bond motifs is 1. The molecule has 0 saturated heterocycles. The molecular weight excluding hydrogens is 364 g/mol. The van der Waals surface area contributed by atoms with Crippen LogP contribution in [0.4, 0.5) is 5.69 Å². The van der Waals surface area contributed by atoms with Gasteiger partial charge in [0.15, 0.2) is 0 Å². The first-order chi connectivity index (χ1) is 13.1. The second-order valence-corrected chi connectivity index (χ2v) is 7.22. The van der Waals surface area contributed by atoms with Crippen LogP contribution in [0.2, 0.25) is 0 Å². The topological polar surface area (TPSA) is 76.6 Å². The fourth-order valence-electron chi connectivity index (χ4n) is 3.32. The quantitative estimate of drug-likeness (QED) is 0.381. The first-order valence-electron chi connectivity index (χ1n) is 8.45. The van der Waals surface area contributed by atoms with E-state index in [2.05, 4.69) is 0 Å². The van der Waals surface area contributed by atoms with E-state index in [-0.39, 0.29) is 17.6 Å². The van der Waals surface area contributed by atoms with Crippen molar-refractivity contribution in [1.82, 2.24) is 4.90 Å². The molecule has 1 amide bonds. The highest BCUT2D eigenvalue weighted by molar-refractivity contribution is 7.10. The number of carbonyl (C=O) groups is 1. The molecule has 0 bridgehead atoms. The monoisotopic (exact) mass is 380 g/mol. The van der Waals surface area contributed by atoms with Crippen LogP contribution in [0.15, 0.2) is 64.8 Å². The average Bonchev–Trinajstić information content (AvgIpc) is 3.36. The zero-order valence-corrected chi connectivity index (χ0v) is 15.1. The number of amides is 1. The third kappa shape index (κ3) is 3.41. The van der Waals surface area contributed by atoms with Crippen LogP contribution in [0.25, 0.3) is 6.08 Å². The first-order valence-corrected chi connectivity index (χ1v) is 9.33. The van der Waals surface area contributed by atoms with Crippen LogP contribution in [0.5, 0.6) is 0 Å². The largest absolute Gasteiger partial charge is 0.472 e. The van der Waals surface area contributed by atoms with Crippen molar-refractivity contribution in [3.63, 3.8) is 0 Å². The van der Waals surface area contributed by atoms with Crippen LogP contribution >= 0.6 is 11.3 Å². The average molecular weight is 380 g/mol. The van der Waals surface area contributed by atoms with Crippen LogP contribution in [0.3, 0.4) is 0 Å². The smallest absolute Gasteiger partial charge is 0.269 e. The molecular formula is C20H16N2O4S. The van der Waals surface area contributed by atoms with Crippen LogP contribution in [0.1, 0.15) is 27.6 Å². The third-order valence-corrected chi connectivity index (χ3v) is 5.63. The van der Waals surface area contributed by atoms with E-state index in [0.717, 1.165) is 23.1 Å². The maximum Gasteiger partial charge on any atom is 0.269 e. The minimum Gasteiger partial charge on any atom is -0.472 e. The molecule has 0 radical (unpaired) electrons. The van der Waals surface area contributed by atoms with Crippen LogP contribution in [-0.2, 0) is 11.2 Å². The lowest BCUT2D eigenvalue weighted by Gasteiger charge is -2.35. The predicted molar refractivity (Wildman–Crippen MR) is 102 cm³/mol. The zero-order valence-electron chi connectivity index (χ0n) is 14.3. The second kappa shape index (κ2) is 7.20. The number of hydrogen-bond acceptors (Lipinski definition) is 5. The lowest BCUT2D eigenvalue weighted by atomic mass is 9.93. The molecule has 27 heavy (non-hydrogen) atoms. The van der Waals surface area contributed by atoms with Crippen molar-refractivity contribution in [2.24, 2.45) is 0 Å². The van der Waals surface area contributed by atoms with Crippen molar-refractivity contribution in [3.05, 3.63) is 92.1 Å². The van der Waals surface area contributed by atoms with Crippen molar-refractivity contribution in [2.75, 3.05) is 6.54 Å². The van der Waals surface area contributed by atoms with Gasteiger partial charge in [-0.15, -0.1) is 11.3 Å². The number of nitro benzene ring substituents is 1. The van der Waals surface area contributed by atoms with E-state index in [1.807, 2.05) is 16.3 Å². The molecule has 2 aromatic heterocycles. The summed E-state index contributed by atoms with van der Waals surface area (Å²) in [5.41, 5.74) is 2.82. The number of rotatable bonds is 4. The standard InChI is InChI=1S/C20H16N2O4S/c23-19(6-1-14-8-11-26-13-14)21-10-7-18-17(9-12-27-18)20(21)15-2-4-16(5-3-15)22(24)25/h1-6,8-9,11-13,20H,7,10H2/b6-1+. The Labute approximate surface area is 159 Å². The molecule has 1 unspecified atom stereocenters. The Morgan fingerprint density at radius 1 is 1.26 bits per heavy atom. The van der Waals surface area contributed by atoms with E-state index in [9.17, 15) is 14.9 Å². The fraction of sp³-hybridized carbons (Fsp3) is 0.150. The summed E-state index contributed by atoms with van der Waals surface area (Å²) in [6.07, 6.45) is 7.21. The van der Waals surface area contributed by atoms with E-state index < -0.39 is 4.92 Å². The highest BCUT2D eigenvalue weighted by atomic mass is 32.1.